The molecular formula is C6H16OSi2. The Balaban J connectivity index is 2.32. The van der Waals surface area contributed by atoms with Gasteiger partial charge in [-0.15, -0.1) is 0 Å². The minimum Gasteiger partial charge on any atom is -0.468 e. The van der Waals surface area contributed by atoms with Crippen LogP contribution in [0.15, 0.2) is 0 Å². The van der Waals surface area contributed by atoms with E-state index in [4.69, 9.17) is 4.12 Å². The number of hydrogen-bond acceptors (Lipinski definition) is 1. The first-order chi connectivity index (χ1) is 4.27. The average Bonchev–Trinajstić information content (AvgIpc) is 2.16. The van der Waals surface area contributed by atoms with Crippen molar-refractivity contribution in [2.45, 2.75) is 37.6 Å². The highest BCUT2D eigenvalue weighted by Crippen LogP contribution is 2.43. The molecule has 1 saturated carbocycles. The molecular weight excluding hydrogens is 144 g/mol. The largest absolute Gasteiger partial charge is 0.468 e. The molecule has 1 rings (SSSR count). The first kappa shape index (κ1) is 7.50. The number of hydrogen-bond donors (Lipinski definition) is 0. The summed E-state index contributed by atoms with van der Waals surface area (Å²) in [4.78, 5) is 0. The monoisotopic (exact) mass is 160 g/mol. The number of rotatable bonds is 2. The van der Waals surface area contributed by atoms with Gasteiger partial charge in [0.1, 0.15) is 10.5 Å². The normalized spacial score (nSPS) is 26.3. The van der Waals surface area contributed by atoms with Gasteiger partial charge in [0.05, 0.1) is 0 Å². The molecule has 1 fully saturated rings. The van der Waals surface area contributed by atoms with Crippen LogP contribution in [0.3, 0.4) is 0 Å². The molecule has 1 aliphatic carbocycles. The minimum absolute atomic E-state index is 0.137. The SMILES string of the molecule is CC1([SiH2]O[SiH3])CCCC1. The summed E-state index contributed by atoms with van der Waals surface area (Å²) in [5, 5.41) is 0.696. The van der Waals surface area contributed by atoms with E-state index in [1.807, 2.05) is 0 Å². The standard InChI is InChI=1S/C6H16OSi2/c1-6(9-7-8)4-2-3-5-6/h2-5,9H2,1,8H3. The molecule has 0 spiro atoms. The predicted octanol–water partition coefficient (Wildman–Crippen LogP) is 0.120. The maximum absolute atomic E-state index is 5.41. The molecule has 0 bridgehead atoms. The van der Waals surface area contributed by atoms with Crippen LogP contribution in [0.5, 0.6) is 0 Å². The summed E-state index contributed by atoms with van der Waals surface area (Å²) in [6.45, 7) is 2.41. The van der Waals surface area contributed by atoms with Gasteiger partial charge in [-0.1, -0.05) is 19.8 Å². The summed E-state index contributed by atoms with van der Waals surface area (Å²) in [7, 11) is 0.832. The molecule has 0 radical (unpaired) electrons. The zero-order chi connectivity index (χ0) is 6.74. The van der Waals surface area contributed by atoms with Crippen molar-refractivity contribution in [3.8, 4) is 0 Å². The van der Waals surface area contributed by atoms with E-state index >= 15 is 0 Å². The topological polar surface area (TPSA) is 9.23 Å². The van der Waals surface area contributed by atoms with Gasteiger partial charge in [0.2, 0.25) is 0 Å². The summed E-state index contributed by atoms with van der Waals surface area (Å²) >= 11 is 0. The molecule has 0 aromatic rings. The van der Waals surface area contributed by atoms with Crippen LogP contribution >= 0.6 is 0 Å². The third-order valence-corrected chi connectivity index (χ3v) is 4.86. The molecule has 0 aromatic carbocycles. The zero-order valence-corrected chi connectivity index (χ0v) is 9.86. The molecule has 3 heteroatoms. The Morgan fingerprint density at radius 2 is 2.00 bits per heavy atom. The van der Waals surface area contributed by atoms with E-state index in [-0.39, 0.29) is 9.76 Å². The second-order valence-electron chi connectivity index (χ2n) is 3.45. The van der Waals surface area contributed by atoms with E-state index in [2.05, 4.69) is 6.92 Å². The highest BCUT2D eigenvalue weighted by atomic mass is 28.3. The maximum Gasteiger partial charge on any atom is 0.151 e. The van der Waals surface area contributed by atoms with Crippen molar-refractivity contribution in [2.75, 3.05) is 0 Å². The predicted molar refractivity (Wildman–Crippen MR) is 46.4 cm³/mol. The molecule has 1 nitrogen and oxygen atoms in total. The molecule has 0 atom stereocenters. The van der Waals surface area contributed by atoms with Crippen LogP contribution in [0, 0.1) is 0 Å². The fourth-order valence-electron chi connectivity index (χ4n) is 1.72. The summed E-state index contributed by atoms with van der Waals surface area (Å²) in [5.41, 5.74) is 0. The van der Waals surface area contributed by atoms with Crippen LogP contribution in [0.25, 0.3) is 0 Å². The Morgan fingerprint density at radius 3 is 2.44 bits per heavy atom. The van der Waals surface area contributed by atoms with Crippen LogP contribution in [-0.2, 0) is 4.12 Å². The Kier molecular flexibility index (Phi) is 2.49. The van der Waals surface area contributed by atoms with Gasteiger partial charge in [-0.3, -0.25) is 0 Å². The summed E-state index contributed by atoms with van der Waals surface area (Å²) < 4.78 is 5.41. The van der Waals surface area contributed by atoms with E-state index < -0.39 is 0 Å². The average molecular weight is 160 g/mol. The van der Waals surface area contributed by atoms with E-state index in [1.165, 1.54) is 25.7 Å². The molecule has 0 N–H and O–H groups in total. The van der Waals surface area contributed by atoms with Crippen molar-refractivity contribution >= 4 is 20.2 Å². The Hall–Kier alpha value is 0.394. The van der Waals surface area contributed by atoms with Crippen LogP contribution in [0.1, 0.15) is 32.6 Å². The van der Waals surface area contributed by atoms with Crippen molar-refractivity contribution in [2.24, 2.45) is 0 Å². The zero-order valence-electron chi connectivity index (χ0n) is 6.44. The smallest absolute Gasteiger partial charge is 0.151 e. The van der Waals surface area contributed by atoms with E-state index in [9.17, 15) is 0 Å². The van der Waals surface area contributed by atoms with Crippen LogP contribution in [-0.4, -0.2) is 20.2 Å². The van der Waals surface area contributed by atoms with Crippen LogP contribution < -0.4 is 0 Å². The second kappa shape index (κ2) is 2.99. The highest BCUT2D eigenvalue weighted by Gasteiger charge is 2.28. The fraction of sp³-hybridized carbons (Fsp3) is 1.00. The summed E-state index contributed by atoms with van der Waals surface area (Å²) in [6.07, 6.45) is 5.80. The summed E-state index contributed by atoms with van der Waals surface area (Å²) in [5.74, 6) is 0. The van der Waals surface area contributed by atoms with Gasteiger partial charge in [0.25, 0.3) is 0 Å². The lowest BCUT2D eigenvalue weighted by atomic mass is 10.1. The van der Waals surface area contributed by atoms with Crippen molar-refractivity contribution in [1.82, 2.24) is 0 Å². The van der Waals surface area contributed by atoms with Crippen molar-refractivity contribution in [3.63, 3.8) is 0 Å². The minimum atomic E-state index is -0.137. The molecule has 0 aromatic heterocycles. The molecule has 1 aliphatic rings. The lowest BCUT2D eigenvalue weighted by Crippen LogP contribution is -2.14. The van der Waals surface area contributed by atoms with Crippen molar-refractivity contribution < 1.29 is 4.12 Å². The van der Waals surface area contributed by atoms with Gasteiger partial charge in [0, 0.05) is 0 Å². The van der Waals surface area contributed by atoms with Gasteiger partial charge in [-0.25, -0.2) is 0 Å². The van der Waals surface area contributed by atoms with Crippen LogP contribution in [0.4, 0.5) is 0 Å². The van der Waals surface area contributed by atoms with E-state index in [0.29, 0.717) is 5.04 Å². The molecule has 0 saturated heterocycles. The summed E-state index contributed by atoms with van der Waals surface area (Å²) in [6, 6.07) is 0. The third-order valence-electron chi connectivity index (χ3n) is 2.30. The highest BCUT2D eigenvalue weighted by molar-refractivity contribution is 6.38. The van der Waals surface area contributed by atoms with Gasteiger partial charge < -0.3 is 4.12 Å². The van der Waals surface area contributed by atoms with Crippen molar-refractivity contribution in [1.29, 1.82) is 0 Å². The quantitative estimate of drug-likeness (QED) is 0.522. The van der Waals surface area contributed by atoms with Gasteiger partial charge in [-0.05, 0) is 17.9 Å². The maximum atomic E-state index is 5.41. The van der Waals surface area contributed by atoms with Gasteiger partial charge in [-0.2, -0.15) is 0 Å². The molecule has 54 valence electrons. The molecule has 0 heterocycles. The van der Waals surface area contributed by atoms with Gasteiger partial charge >= 0.3 is 0 Å². The molecule has 0 aliphatic heterocycles. The Labute approximate surface area is 62.7 Å². The van der Waals surface area contributed by atoms with Crippen molar-refractivity contribution in [3.05, 3.63) is 0 Å². The van der Waals surface area contributed by atoms with Gasteiger partial charge in [0.15, 0.2) is 9.76 Å². The fourth-order valence-corrected chi connectivity index (χ4v) is 5.30. The Morgan fingerprint density at radius 1 is 1.44 bits per heavy atom. The Bertz CT molecular complexity index is 89.1. The first-order valence-corrected chi connectivity index (χ1v) is 5.86. The van der Waals surface area contributed by atoms with Crippen LogP contribution in [0.2, 0.25) is 5.04 Å². The third kappa shape index (κ3) is 1.91. The molecule has 0 amide bonds. The molecule has 9 heavy (non-hydrogen) atoms. The second-order valence-corrected chi connectivity index (χ2v) is 7.76. The molecule has 0 unspecified atom stereocenters. The lowest BCUT2D eigenvalue weighted by molar-refractivity contribution is 0.539. The first-order valence-electron chi connectivity index (χ1n) is 3.76. The van der Waals surface area contributed by atoms with E-state index in [1.54, 1.807) is 0 Å². The lowest BCUT2D eigenvalue weighted by Gasteiger charge is -2.20. The van der Waals surface area contributed by atoms with E-state index in [0.717, 1.165) is 10.5 Å².